The molecule has 134 valence electrons. The van der Waals surface area contributed by atoms with E-state index < -0.39 is 0 Å². The molecule has 0 saturated carbocycles. The first-order valence-electron chi connectivity index (χ1n) is 9.62. The summed E-state index contributed by atoms with van der Waals surface area (Å²) in [6.07, 6.45) is 8.07. The van der Waals surface area contributed by atoms with Crippen LogP contribution >= 0.6 is 11.6 Å². The van der Waals surface area contributed by atoms with Crippen molar-refractivity contribution in [2.45, 2.75) is 62.3 Å². The van der Waals surface area contributed by atoms with Gasteiger partial charge in [-0.25, -0.2) is 0 Å². The molecule has 3 aliphatic heterocycles. The molecular formula is C20H27BClNO2. The molecule has 3 fully saturated rings. The molecule has 1 aromatic carbocycles. The normalized spacial score (nSPS) is 33.6. The fraction of sp³-hybridized carbons (Fsp3) is 0.600. The largest absolute Gasteiger partial charge is 0.469 e. The Morgan fingerprint density at radius 1 is 1.16 bits per heavy atom. The van der Waals surface area contributed by atoms with Gasteiger partial charge in [0.25, 0.3) is 6.85 Å². The number of benzene rings is 1. The van der Waals surface area contributed by atoms with Crippen molar-refractivity contribution in [1.29, 1.82) is 0 Å². The van der Waals surface area contributed by atoms with Gasteiger partial charge in [-0.05, 0) is 17.2 Å². The summed E-state index contributed by atoms with van der Waals surface area (Å²) in [5.74, 6) is 2.36. The lowest BCUT2D eigenvalue weighted by atomic mass is 9.33. The van der Waals surface area contributed by atoms with Crippen LogP contribution < -0.4 is 0 Å². The van der Waals surface area contributed by atoms with Crippen LogP contribution in [0.4, 0.5) is 0 Å². The molecule has 3 heterocycles. The summed E-state index contributed by atoms with van der Waals surface area (Å²) in [6, 6.07) is 10.7. The van der Waals surface area contributed by atoms with Crippen LogP contribution in [0.3, 0.4) is 0 Å². The Morgan fingerprint density at radius 3 is 2.36 bits per heavy atom. The lowest BCUT2D eigenvalue weighted by molar-refractivity contribution is 0.101. The van der Waals surface area contributed by atoms with E-state index in [1.165, 1.54) is 44.1 Å². The number of hydrogen-bond acceptors (Lipinski definition) is 3. The summed E-state index contributed by atoms with van der Waals surface area (Å²) < 4.78 is 12.0. The van der Waals surface area contributed by atoms with Gasteiger partial charge in [-0.3, -0.25) is 0 Å². The summed E-state index contributed by atoms with van der Waals surface area (Å²) in [6.45, 7) is 1.20. The van der Waals surface area contributed by atoms with Crippen LogP contribution in [0.1, 0.15) is 50.2 Å². The Morgan fingerprint density at radius 2 is 1.80 bits per heavy atom. The van der Waals surface area contributed by atoms with E-state index >= 15 is 0 Å². The van der Waals surface area contributed by atoms with E-state index in [1.54, 1.807) is 12.6 Å². The lowest BCUT2D eigenvalue weighted by Gasteiger charge is -2.46. The van der Waals surface area contributed by atoms with Crippen molar-refractivity contribution in [1.82, 2.24) is 4.81 Å². The van der Waals surface area contributed by atoms with Crippen molar-refractivity contribution in [2.75, 3.05) is 13.7 Å². The predicted molar refractivity (Wildman–Crippen MR) is 103 cm³/mol. The average molecular weight is 360 g/mol. The molecule has 1 aromatic rings. The Hall–Kier alpha value is -1.13. The fourth-order valence-electron chi connectivity index (χ4n) is 5.40. The van der Waals surface area contributed by atoms with E-state index in [9.17, 15) is 0 Å². The van der Waals surface area contributed by atoms with Crippen LogP contribution in [-0.2, 0) is 9.47 Å². The molecule has 0 radical (unpaired) electrons. The van der Waals surface area contributed by atoms with Crippen LogP contribution in [0.5, 0.6) is 0 Å². The van der Waals surface area contributed by atoms with E-state index in [0.29, 0.717) is 13.5 Å². The van der Waals surface area contributed by atoms with Crippen LogP contribution in [0, 0.1) is 0 Å². The van der Waals surface area contributed by atoms with E-state index in [0.717, 1.165) is 17.5 Å². The van der Waals surface area contributed by atoms with Crippen molar-refractivity contribution in [3.05, 3.63) is 47.3 Å². The number of fused-ring (bicyclic) bond motifs is 2. The number of ether oxygens (including phenoxy) is 2. The average Bonchev–Trinajstić information content (AvgIpc) is 3.00. The van der Waals surface area contributed by atoms with Crippen molar-refractivity contribution in [3.63, 3.8) is 0 Å². The third-order valence-corrected chi connectivity index (χ3v) is 6.54. The summed E-state index contributed by atoms with van der Waals surface area (Å²) >= 11 is 6.23. The molecule has 0 amide bonds. The topological polar surface area (TPSA) is 21.7 Å². The van der Waals surface area contributed by atoms with Gasteiger partial charge in [0.2, 0.25) is 0 Å². The Kier molecular flexibility index (Phi) is 5.28. The predicted octanol–water partition coefficient (Wildman–Crippen LogP) is 5.21. The Labute approximate surface area is 156 Å². The highest BCUT2D eigenvalue weighted by molar-refractivity contribution is 6.60. The number of hydrogen-bond donors (Lipinski definition) is 0. The molecule has 2 atom stereocenters. The monoisotopic (exact) mass is 359 g/mol. The molecule has 2 bridgehead atoms. The molecular weight excluding hydrogens is 332 g/mol. The molecule has 0 N–H and O–H groups in total. The molecule has 0 aromatic heterocycles. The first-order valence-corrected chi connectivity index (χ1v) is 10.1. The molecule has 4 rings (SSSR count). The van der Waals surface area contributed by atoms with E-state index in [-0.39, 0.29) is 12.1 Å². The summed E-state index contributed by atoms with van der Waals surface area (Å²) in [7, 11) is 1.78. The van der Waals surface area contributed by atoms with Gasteiger partial charge < -0.3 is 14.3 Å². The molecule has 0 spiro atoms. The van der Waals surface area contributed by atoms with Crippen molar-refractivity contribution < 1.29 is 9.47 Å². The van der Waals surface area contributed by atoms with Crippen LogP contribution in [-0.4, -0.2) is 31.4 Å². The highest BCUT2D eigenvalue weighted by atomic mass is 35.5. The van der Waals surface area contributed by atoms with E-state index in [4.69, 9.17) is 21.1 Å². The zero-order chi connectivity index (χ0) is 17.2. The minimum atomic E-state index is -0.0196. The van der Waals surface area contributed by atoms with Gasteiger partial charge in [-0.1, -0.05) is 80.5 Å². The van der Waals surface area contributed by atoms with Gasteiger partial charge in [0.05, 0.1) is 18.2 Å². The third kappa shape index (κ3) is 3.19. The quantitative estimate of drug-likeness (QED) is 0.689. The van der Waals surface area contributed by atoms with Crippen molar-refractivity contribution in [3.8, 4) is 0 Å². The van der Waals surface area contributed by atoms with Gasteiger partial charge in [-0.2, -0.15) is 0 Å². The maximum atomic E-state index is 6.37. The Bertz CT molecular complexity index is 589. The maximum Gasteiger partial charge on any atom is 0.265 e. The van der Waals surface area contributed by atoms with Crippen molar-refractivity contribution >= 4 is 18.4 Å². The summed E-state index contributed by atoms with van der Waals surface area (Å²) in [4.78, 5) is 2.49. The second-order valence-electron chi connectivity index (χ2n) is 7.70. The third-order valence-electron chi connectivity index (χ3n) is 6.35. The molecule has 3 saturated heterocycles. The van der Waals surface area contributed by atoms with Gasteiger partial charge in [0.15, 0.2) is 5.88 Å². The number of halogens is 1. The Balaban J connectivity index is 1.69. The van der Waals surface area contributed by atoms with Crippen LogP contribution in [0.25, 0.3) is 0 Å². The highest BCUT2D eigenvalue weighted by Gasteiger charge is 2.51. The summed E-state index contributed by atoms with van der Waals surface area (Å²) in [5.41, 5.74) is 2.83. The highest BCUT2D eigenvalue weighted by Crippen LogP contribution is 2.51. The second-order valence-corrected chi connectivity index (χ2v) is 7.92. The second kappa shape index (κ2) is 7.63. The van der Waals surface area contributed by atoms with Gasteiger partial charge in [0, 0.05) is 7.11 Å². The lowest BCUT2D eigenvalue weighted by Crippen LogP contribution is -2.52. The van der Waals surface area contributed by atoms with Crippen molar-refractivity contribution in [2.24, 2.45) is 0 Å². The molecule has 3 aliphatic rings. The SMILES string of the molecule is COC[C@H]1[C@H](c2ccccc2)O/C(=C\Cl)N1B1C2CCCC1CCC2. The number of methoxy groups -OCH3 is 1. The standard InChI is InChI=1S/C20H27BClNO2/c1-24-14-18-20(15-7-3-2-4-8-15)25-19(13-22)23(18)21-16-9-5-10-17(21)12-6-11-16/h2-4,7-8,13,16-18,20H,5-6,9-12,14H2,1H3/b19-13-/t16?,17?,18-,20-/m0/s1. The molecule has 5 heteroatoms. The summed E-state index contributed by atoms with van der Waals surface area (Å²) in [5, 5.41) is 0. The number of rotatable bonds is 4. The van der Waals surface area contributed by atoms with E-state index in [2.05, 4.69) is 29.1 Å². The zero-order valence-corrected chi connectivity index (χ0v) is 15.7. The van der Waals surface area contributed by atoms with Crippen LogP contribution in [0.15, 0.2) is 41.8 Å². The minimum Gasteiger partial charge on any atom is -0.469 e. The first-order chi connectivity index (χ1) is 12.3. The van der Waals surface area contributed by atoms with Gasteiger partial charge >= 0.3 is 0 Å². The van der Waals surface area contributed by atoms with E-state index in [1.807, 2.05) is 6.07 Å². The zero-order valence-electron chi connectivity index (χ0n) is 14.9. The molecule has 25 heavy (non-hydrogen) atoms. The molecule has 0 aliphatic carbocycles. The fourth-order valence-corrected chi connectivity index (χ4v) is 5.56. The van der Waals surface area contributed by atoms with Gasteiger partial charge in [-0.15, -0.1) is 0 Å². The molecule has 0 unspecified atom stereocenters. The van der Waals surface area contributed by atoms with Gasteiger partial charge in [0.1, 0.15) is 6.10 Å². The first kappa shape index (κ1) is 17.3. The maximum absolute atomic E-state index is 6.37. The van der Waals surface area contributed by atoms with Crippen LogP contribution in [0.2, 0.25) is 11.6 Å². The molecule has 3 nitrogen and oxygen atoms in total. The number of nitrogens with zero attached hydrogens (tertiary/aromatic N) is 1. The smallest absolute Gasteiger partial charge is 0.265 e. The minimum absolute atomic E-state index is 0.0196.